The van der Waals surface area contributed by atoms with Gasteiger partial charge in [-0.25, -0.2) is 8.42 Å². The molecule has 1 aliphatic rings. The number of halogens is 1. The molecule has 0 saturated carbocycles. The third kappa shape index (κ3) is 5.33. The minimum atomic E-state index is -3.46. The van der Waals surface area contributed by atoms with E-state index >= 15 is 0 Å². The van der Waals surface area contributed by atoms with Crippen molar-refractivity contribution in [2.45, 2.75) is 37.1 Å². The molecular weight excluding hydrogens is 424 g/mol. The molecule has 1 aliphatic heterocycles. The fraction of sp³-hybridized carbons (Fsp3) is 0.409. The van der Waals surface area contributed by atoms with Gasteiger partial charge in [-0.3, -0.25) is 4.79 Å². The summed E-state index contributed by atoms with van der Waals surface area (Å²) in [5.41, 5.74) is 1.59. The van der Waals surface area contributed by atoms with Crippen LogP contribution in [0.15, 0.2) is 47.4 Å². The molecule has 6 nitrogen and oxygen atoms in total. The van der Waals surface area contributed by atoms with E-state index in [1.54, 1.807) is 65.8 Å². The number of hydrogen-bond acceptors (Lipinski definition) is 4. The van der Waals surface area contributed by atoms with Gasteiger partial charge >= 0.3 is 0 Å². The van der Waals surface area contributed by atoms with Gasteiger partial charge < -0.3 is 9.64 Å². The molecule has 1 saturated heterocycles. The van der Waals surface area contributed by atoms with E-state index < -0.39 is 10.0 Å². The summed E-state index contributed by atoms with van der Waals surface area (Å²) in [6.07, 6.45) is 3.05. The molecule has 162 valence electrons. The van der Waals surface area contributed by atoms with E-state index in [1.165, 1.54) is 0 Å². The first-order valence-electron chi connectivity index (χ1n) is 9.97. The molecule has 0 N–H and O–H groups in total. The molecule has 2 aromatic carbocycles. The van der Waals surface area contributed by atoms with E-state index in [1.807, 2.05) is 0 Å². The van der Waals surface area contributed by atoms with Crippen LogP contribution < -0.4 is 4.74 Å². The lowest BCUT2D eigenvalue weighted by Gasteiger charge is -2.26. The lowest BCUT2D eigenvalue weighted by atomic mass is 10.1. The summed E-state index contributed by atoms with van der Waals surface area (Å²) >= 11 is 6.06. The molecular formula is C22H27ClN2O4S. The molecule has 8 heteroatoms. The van der Waals surface area contributed by atoms with Crippen LogP contribution in [0.4, 0.5) is 0 Å². The van der Waals surface area contributed by atoms with E-state index in [9.17, 15) is 13.2 Å². The lowest BCUT2D eigenvalue weighted by Crippen LogP contribution is -2.35. The van der Waals surface area contributed by atoms with Crippen LogP contribution in [0.1, 0.15) is 30.4 Å². The lowest BCUT2D eigenvalue weighted by molar-refractivity contribution is -0.129. The average molecular weight is 451 g/mol. The summed E-state index contributed by atoms with van der Waals surface area (Å²) < 4.78 is 32.4. The summed E-state index contributed by atoms with van der Waals surface area (Å²) in [6, 6.07) is 11.9. The summed E-state index contributed by atoms with van der Waals surface area (Å²) in [4.78, 5) is 14.5. The zero-order valence-corrected chi connectivity index (χ0v) is 18.9. The zero-order chi connectivity index (χ0) is 21.7. The monoisotopic (exact) mass is 450 g/mol. The van der Waals surface area contributed by atoms with Crippen molar-refractivity contribution >= 4 is 27.5 Å². The Morgan fingerprint density at radius 3 is 2.40 bits per heavy atom. The number of carbonyl (C=O) groups excluding carboxylic acids is 1. The topological polar surface area (TPSA) is 66.9 Å². The van der Waals surface area contributed by atoms with Crippen molar-refractivity contribution in [1.82, 2.24) is 9.21 Å². The van der Waals surface area contributed by atoms with Crippen molar-refractivity contribution in [3.8, 4) is 5.75 Å². The van der Waals surface area contributed by atoms with E-state index in [4.69, 9.17) is 16.3 Å². The van der Waals surface area contributed by atoms with Crippen LogP contribution in [-0.4, -0.2) is 50.8 Å². The number of sulfonamides is 1. The maximum Gasteiger partial charge on any atom is 0.243 e. The summed E-state index contributed by atoms with van der Waals surface area (Å²) in [5, 5.41) is 0.581. The minimum absolute atomic E-state index is 0.0799. The van der Waals surface area contributed by atoms with Crippen molar-refractivity contribution < 1.29 is 17.9 Å². The van der Waals surface area contributed by atoms with Gasteiger partial charge in [-0.2, -0.15) is 4.31 Å². The number of ether oxygens (including phenoxy) is 1. The number of carbonyl (C=O) groups is 1. The van der Waals surface area contributed by atoms with Gasteiger partial charge in [0.05, 0.1) is 18.4 Å². The van der Waals surface area contributed by atoms with Crippen molar-refractivity contribution in [2.24, 2.45) is 0 Å². The first-order valence-corrected chi connectivity index (χ1v) is 11.8. The van der Waals surface area contributed by atoms with Crippen molar-refractivity contribution in [3.63, 3.8) is 0 Å². The highest BCUT2D eigenvalue weighted by molar-refractivity contribution is 7.89. The third-order valence-corrected chi connectivity index (χ3v) is 7.46. The quantitative estimate of drug-likeness (QED) is 0.644. The van der Waals surface area contributed by atoms with Crippen molar-refractivity contribution in [1.29, 1.82) is 0 Å². The molecule has 0 aromatic heterocycles. The molecule has 1 amide bonds. The van der Waals surface area contributed by atoms with Crippen LogP contribution in [0.25, 0.3) is 0 Å². The number of rotatable bonds is 7. The van der Waals surface area contributed by atoms with Gasteiger partial charge in [-0.1, -0.05) is 30.2 Å². The minimum Gasteiger partial charge on any atom is -0.496 e. The van der Waals surface area contributed by atoms with Crippen LogP contribution in [0.5, 0.6) is 5.75 Å². The average Bonchev–Trinajstić information content (AvgIpc) is 2.75. The Morgan fingerprint density at radius 2 is 1.77 bits per heavy atom. The first-order chi connectivity index (χ1) is 14.3. The van der Waals surface area contributed by atoms with Crippen LogP contribution in [0.3, 0.4) is 0 Å². The molecule has 0 atom stereocenters. The Bertz CT molecular complexity index is 987. The largest absolute Gasteiger partial charge is 0.496 e. The Hall–Kier alpha value is -2.09. The molecule has 0 radical (unpaired) electrons. The normalized spacial score (nSPS) is 15.0. The summed E-state index contributed by atoms with van der Waals surface area (Å²) in [6.45, 7) is 1.50. The van der Waals surface area contributed by atoms with Crippen LogP contribution in [0.2, 0.25) is 5.02 Å². The number of hydrogen-bond donors (Lipinski definition) is 0. The number of benzene rings is 2. The summed E-state index contributed by atoms with van der Waals surface area (Å²) in [5.74, 6) is 0.593. The fourth-order valence-electron chi connectivity index (χ4n) is 3.56. The van der Waals surface area contributed by atoms with Gasteiger partial charge in [-0.05, 0) is 48.7 Å². The second-order valence-corrected chi connectivity index (χ2v) is 9.87. The van der Waals surface area contributed by atoms with Gasteiger partial charge in [-0.15, -0.1) is 0 Å². The Labute approximate surface area is 183 Å². The van der Waals surface area contributed by atoms with Gasteiger partial charge in [0.15, 0.2) is 0 Å². The van der Waals surface area contributed by atoms with Gasteiger partial charge in [0.25, 0.3) is 0 Å². The number of methoxy groups -OCH3 is 1. The van der Waals surface area contributed by atoms with Gasteiger partial charge in [0, 0.05) is 37.3 Å². The highest BCUT2D eigenvalue weighted by Crippen LogP contribution is 2.24. The van der Waals surface area contributed by atoms with Gasteiger partial charge in [0.1, 0.15) is 5.75 Å². The molecule has 0 spiro atoms. The number of piperidine rings is 1. The van der Waals surface area contributed by atoms with Crippen LogP contribution in [-0.2, 0) is 27.8 Å². The zero-order valence-electron chi connectivity index (χ0n) is 17.3. The van der Waals surface area contributed by atoms with Gasteiger partial charge in [0.2, 0.25) is 15.9 Å². The standard InChI is InChI=1S/C22H27ClN2O4S/c1-24(16-18-15-19(23)8-11-21(18)29-2)22(26)14-17-6-9-20(10-7-17)30(27,28)25-12-4-3-5-13-25/h6-11,15H,3-5,12-14,16H2,1-2H3. The Morgan fingerprint density at radius 1 is 1.10 bits per heavy atom. The molecule has 0 bridgehead atoms. The molecule has 30 heavy (non-hydrogen) atoms. The highest BCUT2D eigenvalue weighted by Gasteiger charge is 2.25. The molecule has 0 unspecified atom stereocenters. The fourth-order valence-corrected chi connectivity index (χ4v) is 5.27. The smallest absolute Gasteiger partial charge is 0.243 e. The molecule has 0 aliphatic carbocycles. The number of likely N-dealkylation sites (N-methyl/N-ethyl adjacent to an activating group) is 1. The van der Waals surface area contributed by atoms with E-state index in [2.05, 4.69) is 0 Å². The summed E-state index contributed by atoms with van der Waals surface area (Å²) in [7, 11) is -0.167. The molecule has 1 heterocycles. The Balaban J connectivity index is 1.65. The predicted octanol–water partition coefficient (Wildman–Crippen LogP) is 3.72. The predicted molar refractivity (Wildman–Crippen MR) is 117 cm³/mol. The van der Waals surface area contributed by atoms with E-state index in [-0.39, 0.29) is 17.2 Å². The second-order valence-electron chi connectivity index (χ2n) is 7.49. The third-order valence-electron chi connectivity index (χ3n) is 5.31. The molecule has 3 rings (SSSR count). The van der Waals surface area contributed by atoms with Crippen molar-refractivity contribution in [3.05, 3.63) is 58.6 Å². The van der Waals surface area contributed by atoms with Crippen LogP contribution in [0, 0.1) is 0 Å². The maximum absolute atomic E-state index is 12.7. The van der Waals surface area contributed by atoms with Crippen molar-refractivity contribution in [2.75, 3.05) is 27.2 Å². The second kappa shape index (κ2) is 9.81. The number of nitrogens with zero attached hydrogens (tertiary/aromatic N) is 2. The highest BCUT2D eigenvalue weighted by atomic mass is 35.5. The molecule has 2 aromatic rings. The first kappa shape index (κ1) is 22.6. The van der Waals surface area contributed by atoms with E-state index in [0.29, 0.717) is 30.4 Å². The van der Waals surface area contributed by atoms with E-state index in [0.717, 1.165) is 30.4 Å². The molecule has 1 fully saturated rings. The number of amides is 1. The SMILES string of the molecule is COc1ccc(Cl)cc1CN(C)C(=O)Cc1ccc(S(=O)(=O)N2CCCCC2)cc1. The van der Waals surface area contributed by atoms with Crippen LogP contribution >= 0.6 is 11.6 Å². The maximum atomic E-state index is 12.7. The Kier molecular flexibility index (Phi) is 7.39.